The first kappa shape index (κ1) is 17.0. The smallest absolute Gasteiger partial charge is 0.234 e. The number of nitrogens with two attached hydrogens (primary N) is 1. The number of carbonyl (C=O) groups excluding carboxylic acids is 1. The van der Waals surface area contributed by atoms with Gasteiger partial charge in [-0.05, 0) is 25.5 Å². The van der Waals surface area contributed by atoms with E-state index >= 15 is 0 Å². The van der Waals surface area contributed by atoms with E-state index < -0.39 is 0 Å². The van der Waals surface area contributed by atoms with Crippen molar-refractivity contribution in [3.8, 4) is 11.4 Å². The van der Waals surface area contributed by atoms with Crippen molar-refractivity contribution in [2.24, 2.45) is 0 Å². The highest BCUT2D eigenvalue weighted by Crippen LogP contribution is 2.22. The van der Waals surface area contributed by atoms with E-state index in [1.807, 2.05) is 62.4 Å². The second-order valence-corrected chi connectivity index (χ2v) is 6.64. The average Bonchev–Trinajstić information content (AvgIpc) is 2.97. The highest BCUT2D eigenvalue weighted by atomic mass is 32.2. The van der Waals surface area contributed by atoms with Gasteiger partial charge in [-0.25, -0.2) is 4.68 Å². The molecule has 0 unspecified atom stereocenters. The van der Waals surface area contributed by atoms with E-state index in [9.17, 15) is 4.79 Å². The largest absolute Gasteiger partial charge is 0.335 e. The van der Waals surface area contributed by atoms with Gasteiger partial charge >= 0.3 is 0 Å². The molecule has 1 amide bonds. The van der Waals surface area contributed by atoms with Crippen molar-refractivity contribution < 1.29 is 4.79 Å². The fourth-order valence-corrected chi connectivity index (χ4v) is 2.96. The van der Waals surface area contributed by atoms with Crippen LogP contribution in [0.5, 0.6) is 0 Å². The molecular weight excluding hydrogens is 334 g/mol. The Labute approximate surface area is 150 Å². The Hall–Kier alpha value is -2.80. The van der Waals surface area contributed by atoms with Crippen molar-refractivity contribution in [3.05, 3.63) is 59.7 Å². The predicted octanol–water partition coefficient (Wildman–Crippen LogP) is 3.01. The molecule has 6 nitrogen and oxygen atoms in total. The molecule has 3 N–H and O–H groups in total. The Morgan fingerprint density at radius 2 is 1.84 bits per heavy atom. The first-order valence-electron chi connectivity index (χ1n) is 7.80. The van der Waals surface area contributed by atoms with E-state index in [0.717, 1.165) is 22.4 Å². The minimum Gasteiger partial charge on any atom is -0.335 e. The molecule has 7 heteroatoms. The first-order valence-corrected chi connectivity index (χ1v) is 8.79. The molecule has 0 atom stereocenters. The van der Waals surface area contributed by atoms with Crippen LogP contribution >= 0.6 is 11.8 Å². The lowest BCUT2D eigenvalue weighted by molar-refractivity contribution is -0.113. The van der Waals surface area contributed by atoms with E-state index in [0.29, 0.717) is 11.0 Å². The van der Waals surface area contributed by atoms with Gasteiger partial charge < -0.3 is 11.2 Å². The maximum atomic E-state index is 12.1. The fraction of sp³-hybridized carbons (Fsp3) is 0.167. The monoisotopic (exact) mass is 353 g/mol. The summed E-state index contributed by atoms with van der Waals surface area (Å²) < 4.78 is 1.41. The number of thioether (sulfide) groups is 1. The number of hydrogen-bond donors (Lipinski definition) is 2. The highest BCUT2D eigenvalue weighted by Gasteiger charge is 2.14. The number of anilines is 1. The molecule has 1 aromatic heterocycles. The summed E-state index contributed by atoms with van der Waals surface area (Å²) in [5.74, 6) is 6.74. The molecule has 0 aliphatic heterocycles. The number of hydrogen-bond acceptors (Lipinski definition) is 5. The number of benzene rings is 2. The second-order valence-electron chi connectivity index (χ2n) is 5.69. The summed E-state index contributed by atoms with van der Waals surface area (Å²) in [4.78, 5) is 12.1. The summed E-state index contributed by atoms with van der Waals surface area (Å²) in [6, 6.07) is 15.5. The van der Waals surface area contributed by atoms with Gasteiger partial charge in [-0.2, -0.15) is 0 Å². The molecule has 3 aromatic rings. The normalized spacial score (nSPS) is 10.6. The van der Waals surface area contributed by atoms with Crippen molar-refractivity contribution >= 4 is 23.4 Å². The topological polar surface area (TPSA) is 85.8 Å². The van der Waals surface area contributed by atoms with Gasteiger partial charge in [0.25, 0.3) is 0 Å². The zero-order chi connectivity index (χ0) is 17.8. The maximum absolute atomic E-state index is 12.1. The summed E-state index contributed by atoms with van der Waals surface area (Å²) in [6.45, 7) is 3.97. The second kappa shape index (κ2) is 7.40. The highest BCUT2D eigenvalue weighted by molar-refractivity contribution is 7.99. The van der Waals surface area contributed by atoms with Crippen molar-refractivity contribution in [1.29, 1.82) is 0 Å². The van der Waals surface area contributed by atoms with Gasteiger partial charge in [0.05, 0.1) is 5.75 Å². The molecule has 3 rings (SSSR count). The van der Waals surface area contributed by atoms with Crippen molar-refractivity contribution in [2.75, 3.05) is 16.9 Å². The summed E-state index contributed by atoms with van der Waals surface area (Å²) >= 11 is 1.25. The minimum absolute atomic E-state index is 0.112. The number of nitrogens with one attached hydrogen (secondary N) is 1. The molecule has 0 bridgehead atoms. The number of aryl methyl sites for hydroxylation is 2. The molecule has 128 valence electrons. The van der Waals surface area contributed by atoms with Gasteiger partial charge in [0.2, 0.25) is 11.1 Å². The lowest BCUT2D eigenvalue weighted by Crippen LogP contribution is -2.16. The minimum atomic E-state index is -0.112. The Kier molecular flexibility index (Phi) is 5.04. The van der Waals surface area contributed by atoms with E-state index in [1.54, 1.807) is 0 Å². The Bertz CT molecular complexity index is 889. The lowest BCUT2D eigenvalue weighted by atomic mass is 10.1. The van der Waals surface area contributed by atoms with Gasteiger partial charge in [-0.3, -0.25) is 4.79 Å². The summed E-state index contributed by atoms with van der Waals surface area (Å²) in [6.07, 6.45) is 0. The molecule has 0 radical (unpaired) electrons. The maximum Gasteiger partial charge on any atom is 0.234 e. The number of carbonyl (C=O) groups is 1. The number of rotatable bonds is 5. The Morgan fingerprint density at radius 1 is 1.12 bits per heavy atom. The zero-order valence-corrected chi connectivity index (χ0v) is 14.9. The number of nitrogen functional groups attached to an aromatic ring is 1. The number of para-hydroxylation sites is 1. The van der Waals surface area contributed by atoms with Gasteiger partial charge in [-0.15, -0.1) is 10.2 Å². The molecule has 1 heterocycles. The van der Waals surface area contributed by atoms with Crippen LogP contribution in [-0.4, -0.2) is 26.5 Å². The molecule has 0 fully saturated rings. The molecule has 0 aliphatic rings. The molecule has 0 aliphatic carbocycles. The fourth-order valence-electron chi connectivity index (χ4n) is 2.30. The number of nitrogens with zero attached hydrogens (tertiary/aromatic N) is 3. The SMILES string of the molecule is Cc1ccc(-c2nnc(SCC(=O)Nc3ccccc3C)n2N)cc1. The van der Waals surface area contributed by atoms with Crippen LogP contribution in [0.2, 0.25) is 0 Å². The van der Waals surface area contributed by atoms with E-state index in [1.165, 1.54) is 16.4 Å². The van der Waals surface area contributed by atoms with Crippen LogP contribution in [0, 0.1) is 13.8 Å². The Morgan fingerprint density at radius 3 is 2.56 bits per heavy atom. The molecule has 0 saturated heterocycles. The van der Waals surface area contributed by atoms with Gasteiger partial charge in [0.15, 0.2) is 5.82 Å². The molecule has 25 heavy (non-hydrogen) atoms. The van der Waals surface area contributed by atoms with E-state index in [-0.39, 0.29) is 11.7 Å². The molecule has 0 saturated carbocycles. The number of aromatic nitrogens is 3. The van der Waals surface area contributed by atoms with E-state index in [2.05, 4.69) is 15.5 Å². The lowest BCUT2D eigenvalue weighted by Gasteiger charge is -2.07. The van der Waals surface area contributed by atoms with Gasteiger partial charge in [0.1, 0.15) is 0 Å². The predicted molar refractivity (Wildman–Crippen MR) is 101 cm³/mol. The summed E-state index contributed by atoms with van der Waals surface area (Å²) in [7, 11) is 0. The molecular formula is C18H19N5OS. The molecule has 0 spiro atoms. The van der Waals surface area contributed by atoms with Crippen LogP contribution in [0.4, 0.5) is 5.69 Å². The third-order valence-electron chi connectivity index (χ3n) is 3.73. The third-order valence-corrected chi connectivity index (χ3v) is 4.67. The van der Waals surface area contributed by atoms with Crippen LogP contribution in [0.1, 0.15) is 11.1 Å². The zero-order valence-electron chi connectivity index (χ0n) is 14.1. The third kappa shape index (κ3) is 4.00. The Balaban J connectivity index is 1.65. The average molecular weight is 353 g/mol. The van der Waals surface area contributed by atoms with Crippen LogP contribution in [0.3, 0.4) is 0 Å². The standard InChI is InChI=1S/C18H19N5OS/c1-12-7-9-14(10-8-12)17-21-22-18(23(17)19)25-11-16(24)20-15-6-4-3-5-13(15)2/h3-10H,11,19H2,1-2H3,(H,20,24). The molecule has 2 aromatic carbocycles. The quantitative estimate of drug-likeness (QED) is 0.544. The first-order chi connectivity index (χ1) is 12.0. The van der Waals surface area contributed by atoms with Crippen molar-refractivity contribution in [3.63, 3.8) is 0 Å². The van der Waals surface area contributed by atoms with Gasteiger partial charge in [0, 0.05) is 11.3 Å². The summed E-state index contributed by atoms with van der Waals surface area (Å²) in [5, 5.41) is 11.6. The van der Waals surface area contributed by atoms with Crippen LogP contribution in [0.25, 0.3) is 11.4 Å². The van der Waals surface area contributed by atoms with E-state index in [4.69, 9.17) is 5.84 Å². The van der Waals surface area contributed by atoms with Crippen LogP contribution < -0.4 is 11.2 Å². The van der Waals surface area contributed by atoms with Crippen molar-refractivity contribution in [1.82, 2.24) is 14.9 Å². The van der Waals surface area contributed by atoms with Gasteiger partial charge in [-0.1, -0.05) is 59.8 Å². The van der Waals surface area contributed by atoms with Crippen molar-refractivity contribution in [2.45, 2.75) is 19.0 Å². The van der Waals surface area contributed by atoms with Crippen LogP contribution in [-0.2, 0) is 4.79 Å². The number of amides is 1. The van der Waals surface area contributed by atoms with Crippen LogP contribution in [0.15, 0.2) is 53.7 Å². The summed E-state index contributed by atoms with van der Waals surface area (Å²) in [5.41, 5.74) is 3.87.